The number of piperazine rings is 1. The first-order valence-electron chi connectivity index (χ1n) is 8.74. The van der Waals surface area contributed by atoms with Crippen LogP contribution >= 0.6 is 0 Å². The van der Waals surface area contributed by atoms with Gasteiger partial charge in [-0.05, 0) is 13.0 Å². The van der Waals surface area contributed by atoms with Crippen LogP contribution in [-0.4, -0.2) is 56.2 Å². The van der Waals surface area contributed by atoms with Gasteiger partial charge in [-0.25, -0.2) is 9.97 Å². The Balaban J connectivity index is 1.45. The maximum atomic E-state index is 5.46. The SMILES string of the molecule is CC(C)c1noc([C@H](C)N2CCN(c3ncnc4[nH]ccc34)CC2)n1. The molecule has 3 aromatic heterocycles. The van der Waals surface area contributed by atoms with Gasteiger partial charge in [0.2, 0.25) is 5.89 Å². The Kier molecular flexibility index (Phi) is 4.12. The highest BCUT2D eigenvalue weighted by molar-refractivity contribution is 5.87. The fraction of sp³-hybridized carbons (Fsp3) is 0.529. The first-order valence-corrected chi connectivity index (χ1v) is 8.74. The molecule has 0 aliphatic carbocycles. The van der Waals surface area contributed by atoms with Gasteiger partial charge in [0.1, 0.15) is 17.8 Å². The maximum absolute atomic E-state index is 5.46. The van der Waals surface area contributed by atoms with E-state index in [4.69, 9.17) is 4.52 Å². The molecule has 1 N–H and O–H groups in total. The Morgan fingerprint density at radius 1 is 1.12 bits per heavy atom. The standard InChI is InChI=1S/C17H23N7O/c1-11(2)14-21-17(25-22-14)12(3)23-6-8-24(9-7-23)16-13-4-5-18-15(13)19-10-20-16/h4-5,10-12H,6-9H2,1-3H3,(H,18,19,20)/t12-/m0/s1. The number of hydrogen-bond acceptors (Lipinski definition) is 7. The number of aromatic amines is 1. The predicted octanol–water partition coefficient (Wildman–Crippen LogP) is 2.35. The number of hydrogen-bond donors (Lipinski definition) is 1. The molecule has 132 valence electrons. The molecule has 3 aromatic rings. The fourth-order valence-electron chi connectivity index (χ4n) is 3.24. The van der Waals surface area contributed by atoms with E-state index in [1.54, 1.807) is 6.33 Å². The molecular weight excluding hydrogens is 318 g/mol. The quantitative estimate of drug-likeness (QED) is 0.779. The first-order chi connectivity index (χ1) is 12.1. The van der Waals surface area contributed by atoms with E-state index < -0.39 is 0 Å². The molecule has 1 atom stereocenters. The van der Waals surface area contributed by atoms with E-state index in [1.165, 1.54) is 0 Å². The number of nitrogens with one attached hydrogen (secondary N) is 1. The molecule has 25 heavy (non-hydrogen) atoms. The fourth-order valence-corrected chi connectivity index (χ4v) is 3.24. The van der Waals surface area contributed by atoms with Crippen LogP contribution in [-0.2, 0) is 0 Å². The average Bonchev–Trinajstić information content (AvgIpc) is 3.30. The van der Waals surface area contributed by atoms with E-state index in [-0.39, 0.29) is 12.0 Å². The van der Waals surface area contributed by atoms with Crippen molar-refractivity contribution in [1.29, 1.82) is 0 Å². The molecule has 0 spiro atoms. The highest BCUT2D eigenvalue weighted by Crippen LogP contribution is 2.26. The van der Waals surface area contributed by atoms with E-state index in [0.29, 0.717) is 5.89 Å². The van der Waals surface area contributed by atoms with Crippen molar-refractivity contribution in [3.05, 3.63) is 30.3 Å². The Morgan fingerprint density at radius 2 is 1.92 bits per heavy atom. The summed E-state index contributed by atoms with van der Waals surface area (Å²) in [6.45, 7) is 9.94. The molecule has 4 heterocycles. The van der Waals surface area contributed by atoms with Gasteiger partial charge in [0, 0.05) is 38.3 Å². The van der Waals surface area contributed by atoms with Gasteiger partial charge in [0.05, 0.1) is 11.4 Å². The van der Waals surface area contributed by atoms with Crippen LogP contribution in [0.3, 0.4) is 0 Å². The van der Waals surface area contributed by atoms with Crippen molar-refractivity contribution in [1.82, 2.24) is 30.0 Å². The van der Waals surface area contributed by atoms with Crippen LogP contribution in [0.5, 0.6) is 0 Å². The zero-order valence-corrected chi connectivity index (χ0v) is 14.8. The molecule has 0 radical (unpaired) electrons. The van der Waals surface area contributed by atoms with Gasteiger partial charge in [0.25, 0.3) is 0 Å². The van der Waals surface area contributed by atoms with Gasteiger partial charge in [-0.15, -0.1) is 0 Å². The summed E-state index contributed by atoms with van der Waals surface area (Å²) in [7, 11) is 0. The summed E-state index contributed by atoms with van der Waals surface area (Å²) in [5.41, 5.74) is 0.882. The number of fused-ring (bicyclic) bond motifs is 1. The predicted molar refractivity (Wildman–Crippen MR) is 94.5 cm³/mol. The molecule has 1 saturated heterocycles. The Hall–Kier alpha value is -2.48. The van der Waals surface area contributed by atoms with Crippen molar-refractivity contribution in [3.63, 3.8) is 0 Å². The maximum Gasteiger partial charge on any atom is 0.243 e. The molecule has 0 bridgehead atoms. The minimum Gasteiger partial charge on any atom is -0.353 e. The molecule has 4 rings (SSSR count). The Bertz CT molecular complexity index is 847. The second kappa shape index (κ2) is 6.44. The van der Waals surface area contributed by atoms with E-state index in [2.05, 4.69) is 55.7 Å². The molecule has 8 heteroatoms. The average molecular weight is 341 g/mol. The number of nitrogens with zero attached hydrogens (tertiary/aromatic N) is 6. The number of H-pyrrole nitrogens is 1. The molecular formula is C17H23N7O. The Labute approximate surface area is 146 Å². The molecule has 0 unspecified atom stereocenters. The molecule has 0 aromatic carbocycles. The van der Waals surface area contributed by atoms with Crippen LogP contribution in [0.1, 0.15) is 44.4 Å². The largest absolute Gasteiger partial charge is 0.353 e. The summed E-state index contributed by atoms with van der Waals surface area (Å²) in [5, 5.41) is 5.15. The highest BCUT2D eigenvalue weighted by atomic mass is 16.5. The summed E-state index contributed by atoms with van der Waals surface area (Å²) in [6.07, 6.45) is 3.53. The van der Waals surface area contributed by atoms with Gasteiger partial charge in [-0.2, -0.15) is 4.98 Å². The monoisotopic (exact) mass is 341 g/mol. The lowest BCUT2D eigenvalue weighted by Gasteiger charge is -2.37. The zero-order valence-electron chi connectivity index (χ0n) is 14.8. The van der Waals surface area contributed by atoms with Crippen LogP contribution in [0.2, 0.25) is 0 Å². The minimum absolute atomic E-state index is 0.125. The summed E-state index contributed by atoms with van der Waals surface area (Å²) >= 11 is 0. The van der Waals surface area contributed by atoms with Crippen molar-refractivity contribution in [2.24, 2.45) is 0 Å². The number of anilines is 1. The van der Waals surface area contributed by atoms with Crippen LogP contribution < -0.4 is 4.90 Å². The molecule has 8 nitrogen and oxygen atoms in total. The van der Waals surface area contributed by atoms with E-state index in [0.717, 1.165) is 48.9 Å². The second-order valence-electron chi connectivity index (χ2n) is 6.78. The van der Waals surface area contributed by atoms with Crippen molar-refractivity contribution in [3.8, 4) is 0 Å². The Morgan fingerprint density at radius 3 is 2.64 bits per heavy atom. The first kappa shape index (κ1) is 16.0. The van der Waals surface area contributed by atoms with E-state index >= 15 is 0 Å². The van der Waals surface area contributed by atoms with Crippen molar-refractivity contribution >= 4 is 16.9 Å². The van der Waals surface area contributed by atoms with Crippen molar-refractivity contribution in [2.75, 3.05) is 31.1 Å². The van der Waals surface area contributed by atoms with Crippen LogP contribution in [0, 0.1) is 0 Å². The molecule has 0 saturated carbocycles. The second-order valence-corrected chi connectivity index (χ2v) is 6.78. The lowest BCUT2D eigenvalue weighted by molar-refractivity contribution is 0.164. The van der Waals surface area contributed by atoms with E-state index in [1.807, 2.05) is 12.3 Å². The zero-order chi connectivity index (χ0) is 17.4. The van der Waals surface area contributed by atoms with Crippen molar-refractivity contribution in [2.45, 2.75) is 32.7 Å². The molecule has 0 amide bonds. The van der Waals surface area contributed by atoms with Crippen LogP contribution in [0.4, 0.5) is 5.82 Å². The lowest BCUT2D eigenvalue weighted by atomic mass is 10.2. The smallest absolute Gasteiger partial charge is 0.243 e. The lowest BCUT2D eigenvalue weighted by Crippen LogP contribution is -2.47. The molecule has 1 aliphatic heterocycles. The molecule has 1 aliphatic rings. The third-order valence-electron chi connectivity index (χ3n) is 4.83. The van der Waals surface area contributed by atoms with Gasteiger partial charge < -0.3 is 14.4 Å². The third kappa shape index (κ3) is 2.97. The minimum atomic E-state index is 0.125. The highest BCUT2D eigenvalue weighted by Gasteiger charge is 2.27. The number of aromatic nitrogens is 5. The van der Waals surface area contributed by atoms with Gasteiger partial charge in [0.15, 0.2) is 5.82 Å². The number of rotatable bonds is 4. The summed E-state index contributed by atoms with van der Waals surface area (Å²) < 4.78 is 5.46. The normalized spacial score (nSPS) is 17.5. The van der Waals surface area contributed by atoms with E-state index in [9.17, 15) is 0 Å². The van der Waals surface area contributed by atoms with Crippen LogP contribution in [0.25, 0.3) is 11.0 Å². The summed E-state index contributed by atoms with van der Waals surface area (Å²) in [6, 6.07) is 2.16. The third-order valence-corrected chi connectivity index (χ3v) is 4.83. The summed E-state index contributed by atoms with van der Waals surface area (Å²) in [5.74, 6) is 2.75. The summed E-state index contributed by atoms with van der Waals surface area (Å²) in [4.78, 5) is 21.1. The van der Waals surface area contributed by atoms with Crippen LogP contribution in [0.15, 0.2) is 23.1 Å². The van der Waals surface area contributed by atoms with Gasteiger partial charge in [-0.3, -0.25) is 4.90 Å². The molecule has 1 fully saturated rings. The van der Waals surface area contributed by atoms with Gasteiger partial charge >= 0.3 is 0 Å². The van der Waals surface area contributed by atoms with Gasteiger partial charge in [-0.1, -0.05) is 19.0 Å². The van der Waals surface area contributed by atoms with Crippen molar-refractivity contribution < 1.29 is 4.52 Å². The topological polar surface area (TPSA) is 87.0 Å².